The van der Waals surface area contributed by atoms with Gasteiger partial charge in [-0.25, -0.2) is 0 Å². The number of hydrogen-bond donors (Lipinski definition) is 4. The Morgan fingerprint density at radius 3 is 2.05 bits per heavy atom. The predicted octanol–water partition coefficient (Wildman–Crippen LogP) is -1.60. The van der Waals surface area contributed by atoms with Crippen molar-refractivity contribution in [3.63, 3.8) is 0 Å². The zero-order valence-corrected chi connectivity index (χ0v) is 11.9. The van der Waals surface area contributed by atoms with Crippen LogP contribution in [0.15, 0.2) is 25.3 Å². The smallest absolute Gasteiger partial charge is 0.244 e. The predicted molar refractivity (Wildman–Crippen MR) is 79.9 cm³/mol. The standard InChI is InChI=1S/C7H10N2O2.C6H15N3/c1-3-6(10)8-5-9-7(11)4-2;7-1-4-9-5-2-8-3-6-9/h3-4H,1-2,5H2,(H,8,10)(H,9,11);8H,1-7H2. The number of carbonyl (C=O) groups is 2. The van der Waals surface area contributed by atoms with Gasteiger partial charge in [-0.15, -0.1) is 0 Å². The van der Waals surface area contributed by atoms with Gasteiger partial charge in [-0.05, 0) is 12.2 Å². The van der Waals surface area contributed by atoms with Gasteiger partial charge in [0.05, 0.1) is 6.67 Å². The minimum atomic E-state index is -0.325. The monoisotopic (exact) mass is 283 g/mol. The number of rotatable bonds is 6. The van der Waals surface area contributed by atoms with E-state index in [1.54, 1.807) is 0 Å². The first-order valence-corrected chi connectivity index (χ1v) is 6.57. The molecule has 5 N–H and O–H groups in total. The van der Waals surface area contributed by atoms with Crippen LogP contribution >= 0.6 is 0 Å². The van der Waals surface area contributed by atoms with Crippen LogP contribution in [0.1, 0.15) is 0 Å². The maximum atomic E-state index is 10.5. The Balaban J connectivity index is 0.000000367. The molecule has 2 amide bonds. The van der Waals surface area contributed by atoms with Crippen LogP contribution < -0.4 is 21.7 Å². The third kappa shape index (κ3) is 10.2. The summed E-state index contributed by atoms with van der Waals surface area (Å²) in [7, 11) is 0. The van der Waals surface area contributed by atoms with E-state index in [1.807, 2.05) is 0 Å². The molecule has 0 bridgehead atoms. The van der Waals surface area contributed by atoms with E-state index in [-0.39, 0.29) is 18.5 Å². The lowest BCUT2D eigenvalue weighted by Crippen LogP contribution is -2.45. The SMILES string of the molecule is C=CC(=O)NCNC(=O)C=C.NCCN1CCNCC1. The van der Waals surface area contributed by atoms with Gasteiger partial charge in [0.25, 0.3) is 0 Å². The molecule has 0 radical (unpaired) electrons. The van der Waals surface area contributed by atoms with E-state index in [9.17, 15) is 9.59 Å². The summed E-state index contributed by atoms with van der Waals surface area (Å²) in [5, 5.41) is 8.01. The highest BCUT2D eigenvalue weighted by Crippen LogP contribution is 1.88. The van der Waals surface area contributed by atoms with Crippen molar-refractivity contribution >= 4 is 11.8 Å². The maximum absolute atomic E-state index is 10.5. The molecule has 0 aliphatic carbocycles. The molecule has 0 aromatic rings. The molecule has 1 aliphatic rings. The number of nitrogens with two attached hydrogens (primary N) is 1. The van der Waals surface area contributed by atoms with E-state index >= 15 is 0 Å². The van der Waals surface area contributed by atoms with Gasteiger partial charge < -0.3 is 21.7 Å². The van der Waals surface area contributed by atoms with Crippen molar-refractivity contribution in [2.75, 3.05) is 45.9 Å². The normalized spacial score (nSPS) is 14.4. The molecule has 20 heavy (non-hydrogen) atoms. The van der Waals surface area contributed by atoms with Crippen LogP contribution in [0.3, 0.4) is 0 Å². The van der Waals surface area contributed by atoms with E-state index in [4.69, 9.17) is 5.73 Å². The number of nitrogens with one attached hydrogen (secondary N) is 3. The average molecular weight is 283 g/mol. The van der Waals surface area contributed by atoms with E-state index in [1.165, 1.54) is 0 Å². The third-order valence-electron chi connectivity index (χ3n) is 2.55. The molecule has 0 aromatic heterocycles. The Morgan fingerprint density at radius 1 is 1.15 bits per heavy atom. The molecule has 1 aliphatic heterocycles. The van der Waals surface area contributed by atoms with Crippen molar-refractivity contribution in [2.24, 2.45) is 5.73 Å². The first-order valence-electron chi connectivity index (χ1n) is 6.57. The summed E-state index contributed by atoms with van der Waals surface area (Å²) >= 11 is 0. The van der Waals surface area contributed by atoms with Crippen LogP contribution in [-0.2, 0) is 9.59 Å². The lowest BCUT2D eigenvalue weighted by Gasteiger charge is -2.26. The van der Waals surface area contributed by atoms with E-state index in [0.717, 1.165) is 51.4 Å². The Bertz CT molecular complexity index is 291. The molecule has 0 spiro atoms. The summed E-state index contributed by atoms with van der Waals surface area (Å²) in [4.78, 5) is 23.3. The molecule has 0 saturated carbocycles. The van der Waals surface area contributed by atoms with Crippen molar-refractivity contribution in [2.45, 2.75) is 0 Å². The molecule has 0 unspecified atom stereocenters. The number of nitrogens with zero attached hydrogens (tertiary/aromatic N) is 1. The summed E-state index contributed by atoms with van der Waals surface area (Å²) in [5.74, 6) is -0.649. The Kier molecular flexibility index (Phi) is 11.3. The molecule has 0 aromatic carbocycles. The lowest BCUT2D eigenvalue weighted by molar-refractivity contribution is -0.118. The Morgan fingerprint density at radius 2 is 1.65 bits per heavy atom. The van der Waals surface area contributed by atoms with Gasteiger partial charge in [-0.3, -0.25) is 14.5 Å². The van der Waals surface area contributed by atoms with Crippen molar-refractivity contribution in [1.82, 2.24) is 20.9 Å². The highest BCUT2D eigenvalue weighted by atomic mass is 16.2. The highest BCUT2D eigenvalue weighted by Gasteiger charge is 2.06. The molecular weight excluding hydrogens is 258 g/mol. The summed E-state index contributed by atoms with van der Waals surface area (Å²) in [6, 6.07) is 0. The molecule has 7 heteroatoms. The zero-order chi connectivity index (χ0) is 15.2. The fourth-order valence-corrected chi connectivity index (χ4v) is 1.48. The average Bonchev–Trinajstić information content (AvgIpc) is 2.49. The summed E-state index contributed by atoms with van der Waals surface area (Å²) in [6.07, 6.45) is 2.25. The number of piperazine rings is 1. The van der Waals surface area contributed by atoms with Crippen LogP contribution in [0.4, 0.5) is 0 Å². The van der Waals surface area contributed by atoms with Crippen molar-refractivity contribution in [1.29, 1.82) is 0 Å². The van der Waals surface area contributed by atoms with Gasteiger partial charge in [0.2, 0.25) is 11.8 Å². The van der Waals surface area contributed by atoms with Gasteiger partial charge in [0.1, 0.15) is 0 Å². The maximum Gasteiger partial charge on any atom is 0.244 e. The van der Waals surface area contributed by atoms with Gasteiger partial charge in [-0.1, -0.05) is 13.2 Å². The summed E-state index contributed by atoms with van der Waals surface area (Å²) in [6.45, 7) is 13.0. The molecule has 114 valence electrons. The van der Waals surface area contributed by atoms with Crippen molar-refractivity contribution in [3.8, 4) is 0 Å². The molecule has 0 atom stereocenters. The van der Waals surface area contributed by atoms with Crippen molar-refractivity contribution < 1.29 is 9.59 Å². The van der Waals surface area contributed by atoms with E-state index in [0.29, 0.717) is 0 Å². The van der Waals surface area contributed by atoms with Gasteiger partial charge in [-0.2, -0.15) is 0 Å². The molecule has 1 fully saturated rings. The van der Waals surface area contributed by atoms with Gasteiger partial charge in [0.15, 0.2) is 0 Å². The molecule has 1 saturated heterocycles. The van der Waals surface area contributed by atoms with Crippen LogP contribution in [-0.4, -0.2) is 62.7 Å². The fraction of sp³-hybridized carbons (Fsp3) is 0.538. The van der Waals surface area contributed by atoms with Crippen LogP contribution in [0.25, 0.3) is 0 Å². The molecule has 7 nitrogen and oxygen atoms in total. The minimum absolute atomic E-state index is 0.0930. The summed E-state index contributed by atoms with van der Waals surface area (Å²) in [5.41, 5.74) is 5.40. The zero-order valence-electron chi connectivity index (χ0n) is 11.9. The summed E-state index contributed by atoms with van der Waals surface area (Å²) < 4.78 is 0. The Labute approximate surface area is 120 Å². The van der Waals surface area contributed by atoms with Gasteiger partial charge in [0, 0.05) is 39.3 Å². The molecule has 1 heterocycles. The van der Waals surface area contributed by atoms with Crippen molar-refractivity contribution in [3.05, 3.63) is 25.3 Å². The van der Waals surface area contributed by atoms with Crippen LogP contribution in [0, 0.1) is 0 Å². The molecular formula is C13H25N5O2. The van der Waals surface area contributed by atoms with Crippen LogP contribution in [0.2, 0.25) is 0 Å². The minimum Gasteiger partial charge on any atom is -0.335 e. The quantitative estimate of drug-likeness (QED) is 0.347. The second-order valence-corrected chi connectivity index (χ2v) is 4.05. The Hall–Kier alpha value is -1.70. The third-order valence-corrected chi connectivity index (χ3v) is 2.55. The van der Waals surface area contributed by atoms with Crippen LogP contribution in [0.5, 0.6) is 0 Å². The highest BCUT2D eigenvalue weighted by molar-refractivity contribution is 5.89. The fourth-order valence-electron chi connectivity index (χ4n) is 1.48. The largest absolute Gasteiger partial charge is 0.335 e. The first kappa shape index (κ1) is 18.3. The molecule has 1 rings (SSSR count). The van der Waals surface area contributed by atoms with Gasteiger partial charge >= 0.3 is 0 Å². The second-order valence-electron chi connectivity index (χ2n) is 4.05. The second kappa shape index (κ2) is 12.3. The number of carbonyl (C=O) groups excluding carboxylic acids is 2. The van der Waals surface area contributed by atoms with E-state index < -0.39 is 0 Å². The number of amides is 2. The van der Waals surface area contributed by atoms with E-state index in [2.05, 4.69) is 34.0 Å². The topological polar surface area (TPSA) is 99.5 Å². The lowest BCUT2D eigenvalue weighted by atomic mass is 10.3. The number of hydrogen-bond acceptors (Lipinski definition) is 5. The first-order chi connectivity index (χ1) is 9.63.